The number of nitrogens with zero attached hydrogens (tertiary/aromatic N) is 1. The van der Waals surface area contributed by atoms with E-state index in [1.165, 1.54) is 5.56 Å². The molecule has 0 aliphatic carbocycles. The minimum Gasteiger partial charge on any atom is -0.399 e. The van der Waals surface area contributed by atoms with E-state index in [2.05, 4.69) is 11.8 Å². The van der Waals surface area contributed by atoms with Crippen molar-refractivity contribution in [3.63, 3.8) is 0 Å². The Balaban J connectivity index is 2.06. The summed E-state index contributed by atoms with van der Waals surface area (Å²) in [6.45, 7) is 3.34. The van der Waals surface area contributed by atoms with E-state index in [4.69, 9.17) is 5.73 Å². The Kier molecular flexibility index (Phi) is 3.40. The average molecular weight is 254 g/mol. The van der Waals surface area contributed by atoms with E-state index in [1.54, 1.807) is 0 Å². The molecule has 0 spiro atoms. The molecule has 0 aromatic heterocycles. The van der Waals surface area contributed by atoms with Crippen LogP contribution >= 0.6 is 0 Å². The van der Waals surface area contributed by atoms with E-state index in [0.29, 0.717) is 13.1 Å². The molecule has 1 aliphatic rings. The van der Waals surface area contributed by atoms with Crippen LogP contribution in [0.2, 0.25) is 0 Å². The highest BCUT2D eigenvalue weighted by molar-refractivity contribution is 7.91. The molecule has 0 amide bonds. The Morgan fingerprint density at radius 1 is 1.18 bits per heavy atom. The van der Waals surface area contributed by atoms with Crippen LogP contribution in [0.5, 0.6) is 0 Å². The molecule has 1 saturated heterocycles. The molecular weight excluding hydrogens is 236 g/mol. The van der Waals surface area contributed by atoms with E-state index in [9.17, 15) is 8.42 Å². The van der Waals surface area contributed by atoms with Gasteiger partial charge in [-0.2, -0.15) is 0 Å². The number of hydrogen-bond donors (Lipinski definition) is 1. The highest BCUT2D eigenvalue weighted by Crippen LogP contribution is 2.22. The number of hydrogen-bond acceptors (Lipinski definition) is 4. The topological polar surface area (TPSA) is 63.4 Å². The largest absolute Gasteiger partial charge is 0.399 e. The summed E-state index contributed by atoms with van der Waals surface area (Å²) in [4.78, 5) is 2.20. The maximum absolute atomic E-state index is 11.4. The molecule has 0 bridgehead atoms. The van der Waals surface area contributed by atoms with Crippen molar-refractivity contribution in [2.45, 2.75) is 13.0 Å². The second-order valence-electron chi connectivity index (χ2n) is 4.53. The lowest BCUT2D eigenvalue weighted by Crippen LogP contribution is -2.41. The number of nitrogen functional groups attached to an aromatic ring is 1. The molecule has 17 heavy (non-hydrogen) atoms. The van der Waals surface area contributed by atoms with Gasteiger partial charge in [0.15, 0.2) is 9.84 Å². The maximum atomic E-state index is 11.4. The first-order valence-electron chi connectivity index (χ1n) is 5.78. The lowest BCUT2D eigenvalue weighted by Gasteiger charge is -2.32. The molecular formula is C12H18N2O2S. The molecule has 2 rings (SSSR count). The Hall–Kier alpha value is -1.07. The van der Waals surface area contributed by atoms with E-state index in [1.807, 2.05) is 24.3 Å². The van der Waals surface area contributed by atoms with Crippen molar-refractivity contribution in [2.24, 2.45) is 0 Å². The van der Waals surface area contributed by atoms with Gasteiger partial charge >= 0.3 is 0 Å². The number of benzene rings is 1. The number of anilines is 1. The van der Waals surface area contributed by atoms with E-state index < -0.39 is 9.84 Å². The average Bonchev–Trinajstić information content (AvgIpc) is 2.29. The van der Waals surface area contributed by atoms with Gasteiger partial charge in [0.05, 0.1) is 11.5 Å². The zero-order chi connectivity index (χ0) is 12.5. The minimum atomic E-state index is -2.80. The molecule has 5 heteroatoms. The van der Waals surface area contributed by atoms with Gasteiger partial charge < -0.3 is 5.73 Å². The Bertz CT molecular complexity index is 468. The van der Waals surface area contributed by atoms with Crippen LogP contribution in [0.4, 0.5) is 5.69 Å². The van der Waals surface area contributed by atoms with Gasteiger partial charge in [-0.15, -0.1) is 0 Å². The van der Waals surface area contributed by atoms with Crippen molar-refractivity contribution in [3.05, 3.63) is 29.8 Å². The molecule has 2 N–H and O–H groups in total. The van der Waals surface area contributed by atoms with Crippen LogP contribution in [0, 0.1) is 0 Å². The smallest absolute Gasteiger partial charge is 0.152 e. The molecule has 1 atom stereocenters. The number of rotatable bonds is 2. The fraction of sp³-hybridized carbons (Fsp3) is 0.500. The fourth-order valence-electron chi connectivity index (χ4n) is 2.10. The molecule has 1 unspecified atom stereocenters. The fourth-order valence-corrected chi connectivity index (χ4v) is 3.33. The van der Waals surface area contributed by atoms with Gasteiger partial charge in [-0.1, -0.05) is 12.1 Å². The van der Waals surface area contributed by atoms with Crippen molar-refractivity contribution < 1.29 is 8.42 Å². The van der Waals surface area contributed by atoms with Gasteiger partial charge in [0.2, 0.25) is 0 Å². The maximum Gasteiger partial charge on any atom is 0.152 e. The third kappa shape index (κ3) is 2.98. The summed E-state index contributed by atoms with van der Waals surface area (Å²) in [5.74, 6) is 0.540. The van der Waals surface area contributed by atoms with E-state index in [0.717, 1.165) is 5.69 Å². The summed E-state index contributed by atoms with van der Waals surface area (Å²) in [7, 11) is -2.80. The second-order valence-corrected chi connectivity index (χ2v) is 6.83. The Labute approximate surface area is 102 Å². The van der Waals surface area contributed by atoms with E-state index >= 15 is 0 Å². The zero-order valence-electron chi connectivity index (χ0n) is 9.96. The van der Waals surface area contributed by atoms with Gasteiger partial charge in [0.1, 0.15) is 0 Å². The third-order valence-electron chi connectivity index (χ3n) is 3.35. The number of sulfone groups is 1. The van der Waals surface area contributed by atoms with Gasteiger partial charge in [-0.3, -0.25) is 4.90 Å². The predicted molar refractivity (Wildman–Crippen MR) is 69.5 cm³/mol. The lowest BCUT2D eigenvalue weighted by atomic mass is 10.1. The zero-order valence-corrected chi connectivity index (χ0v) is 10.8. The minimum absolute atomic E-state index is 0.242. The molecule has 1 aromatic carbocycles. The summed E-state index contributed by atoms with van der Waals surface area (Å²) in [5, 5.41) is 0. The predicted octanol–water partition coefficient (Wildman–Crippen LogP) is 1.06. The molecule has 0 radical (unpaired) electrons. The summed E-state index contributed by atoms with van der Waals surface area (Å²) >= 11 is 0. The first kappa shape index (κ1) is 12.4. The van der Waals surface area contributed by atoms with Crippen molar-refractivity contribution in [1.82, 2.24) is 4.90 Å². The normalized spacial score (nSPS) is 22.2. The van der Waals surface area contributed by atoms with Crippen molar-refractivity contribution >= 4 is 15.5 Å². The summed E-state index contributed by atoms with van der Waals surface area (Å²) in [5.41, 5.74) is 7.58. The van der Waals surface area contributed by atoms with Gasteiger partial charge in [-0.05, 0) is 24.6 Å². The molecule has 94 valence electrons. The van der Waals surface area contributed by atoms with Crippen LogP contribution in [0.1, 0.15) is 18.5 Å². The summed E-state index contributed by atoms with van der Waals surface area (Å²) < 4.78 is 22.7. The van der Waals surface area contributed by atoms with Gasteiger partial charge in [-0.25, -0.2) is 8.42 Å². The van der Waals surface area contributed by atoms with Crippen molar-refractivity contribution in [1.29, 1.82) is 0 Å². The second kappa shape index (κ2) is 4.66. The van der Waals surface area contributed by atoms with Crippen LogP contribution in [0.25, 0.3) is 0 Å². The van der Waals surface area contributed by atoms with Gasteiger partial charge in [0.25, 0.3) is 0 Å². The number of nitrogens with two attached hydrogens (primary N) is 1. The molecule has 1 heterocycles. The van der Waals surface area contributed by atoms with Crippen LogP contribution < -0.4 is 5.73 Å². The summed E-state index contributed by atoms with van der Waals surface area (Å²) in [6, 6.07) is 8.01. The molecule has 1 aliphatic heterocycles. The lowest BCUT2D eigenvalue weighted by molar-refractivity contribution is 0.229. The van der Waals surface area contributed by atoms with Crippen molar-refractivity contribution in [2.75, 3.05) is 30.3 Å². The SMILES string of the molecule is CC(c1ccc(N)cc1)N1CCS(=O)(=O)CC1. The molecule has 1 aromatic rings. The van der Waals surface area contributed by atoms with Crippen molar-refractivity contribution in [3.8, 4) is 0 Å². The van der Waals surface area contributed by atoms with Crippen LogP contribution in [0.15, 0.2) is 24.3 Å². The van der Waals surface area contributed by atoms with Crippen LogP contribution in [0.3, 0.4) is 0 Å². The van der Waals surface area contributed by atoms with E-state index in [-0.39, 0.29) is 17.5 Å². The first-order valence-corrected chi connectivity index (χ1v) is 7.60. The summed E-state index contributed by atoms with van der Waals surface area (Å²) in [6.07, 6.45) is 0. The molecule has 1 fully saturated rings. The third-order valence-corrected chi connectivity index (χ3v) is 4.95. The Morgan fingerprint density at radius 3 is 2.24 bits per heavy atom. The quantitative estimate of drug-likeness (QED) is 0.802. The van der Waals surface area contributed by atoms with Crippen LogP contribution in [-0.4, -0.2) is 37.9 Å². The van der Waals surface area contributed by atoms with Crippen LogP contribution in [-0.2, 0) is 9.84 Å². The highest BCUT2D eigenvalue weighted by Gasteiger charge is 2.25. The highest BCUT2D eigenvalue weighted by atomic mass is 32.2. The molecule has 0 saturated carbocycles. The monoisotopic (exact) mass is 254 g/mol. The standard InChI is InChI=1S/C12H18N2O2S/c1-10(11-2-4-12(13)5-3-11)14-6-8-17(15,16)9-7-14/h2-5,10H,6-9,13H2,1H3. The molecule has 4 nitrogen and oxygen atoms in total. The Morgan fingerprint density at radius 2 is 1.71 bits per heavy atom. The first-order chi connectivity index (χ1) is 7.98. The van der Waals surface area contributed by atoms with Gasteiger partial charge in [0, 0.05) is 24.8 Å².